The lowest BCUT2D eigenvalue weighted by atomic mass is 9.97. The first kappa shape index (κ1) is 4.60. The fourth-order valence-corrected chi connectivity index (χ4v) is 1.38. The molecule has 1 nitrogen and oxygen atoms in total. The Morgan fingerprint density at radius 3 is 2.00 bits per heavy atom. The van der Waals surface area contributed by atoms with Crippen molar-refractivity contribution in [3.05, 3.63) is 0 Å². The Kier molecular flexibility index (Phi) is 1.15. The second-order valence-electron chi connectivity index (χ2n) is 1.72. The Hall–Kier alpha value is 0.440. The number of aliphatic hydroxyl groups excluding tert-OH is 1. The maximum Gasteiger partial charge on any atom is 0.0561 e. The smallest absolute Gasteiger partial charge is 0.0561 e. The highest BCUT2D eigenvalue weighted by Gasteiger charge is 2.23. The molecule has 0 amide bonds. The lowest BCUT2D eigenvalue weighted by molar-refractivity contribution is 0.103. The molecule has 36 valence electrons. The molecular formula is C4H7BrO. The first-order valence-electron chi connectivity index (χ1n) is 2.11. The third-order valence-corrected chi connectivity index (χ3v) is 1.80. The highest BCUT2D eigenvalue weighted by molar-refractivity contribution is 9.09. The normalized spacial score (nSPS) is 45.0. The molecule has 0 atom stereocenters. The van der Waals surface area contributed by atoms with Crippen LogP contribution in [0.15, 0.2) is 0 Å². The van der Waals surface area contributed by atoms with Gasteiger partial charge in [0.2, 0.25) is 0 Å². The minimum absolute atomic E-state index is 0.00521. The molecule has 1 aliphatic carbocycles. The minimum atomic E-state index is -0.00521. The zero-order valence-corrected chi connectivity index (χ0v) is 4.98. The van der Waals surface area contributed by atoms with Crippen LogP contribution in [0.5, 0.6) is 0 Å². The number of rotatable bonds is 0. The zero-order chi connectivity index (χ0) is 4.57. The predicted octanol–water partition coefficient (Wildman–Crippen LogP) is 0.905. The van der Waals surface area contributed by atoms with Crippen LogP contribution in [0.4, 0.5) is 0 Å². The van der Waals surface area contributed by atoms with Crippen LogP contribution in [-0.2, 0) is 0 Å². The lowest BCUT2D eigenvalue weighted by Crippen LogP contribution is -2.27. The Labute approximate surface area is 45.5 Å². The predicted molar refractivity (Wildman–Crippen MR) is 28.0 cm³/mol. The summed E-state index contributed by atoms with van der Waals surface area (Å²) in [6.45, 7) is 0. The zero-order valence-electron chi connectivity index (χ0n) is 3.39. The van der Waals surface area contributed by atoms with Gasteiger partial charge in [0.25, 0.3) is 0 Å². The van der Waals surface area contributed by atoms with E-state index in [4.69, 9.17) is 5.11 Å². The van der Waals surface area contributed by atoms with E-state index in [0.717, 1.165) is 12.8 Å². The fourth-order valence-electron chi connectivity index (χ4n) is 0.521. The first-order valence-corrected chi connectivity index (χ1v) is 3.03. The summed E-state index contributed by atoms with van der Waals surface area (Å²) in [5.74, 6) is 0. The van der Waals surface area contributed by atoms with Crippen LogP contribution in [0.25, 0.3) is 0 Å². The summed E-state index contributed by atoms with van der Waals surface area (Å²) in [4.78, 5) is 0.604. The SMILES string of the molecule is OC1CC(Br)C1. The summed E-state index contributed by atoms with van der Waals surface area (Å²) in [5.41, 5.74) is 0. The minimum Gasteiger partial charge on any atom is -0.393 e. The Morgan fingerprint density at radius 1 is 1.50 bits per heavy atom. The summed E-state index contributed by atoms with van der Waals surface area (Å²) >= 11 is 3.34. The lowest BCUT2D eigenvalue weighted by Gasteiger charge is -2.25. The van der Waals surface area contributed by atoms with Crippen LogP contribution in [0.1, 0.15) is 12.8 Å². The van der Waals surface area contributed by atoms with Gasteiger partial charge in [-0.15, -0.1) is 0 Å². The van der Waals surface area contributed by atoms with Gasteiger partial charge >= 0.3 is 0 Å². The molecule has 1 rings (SSSR count). The molecule has 6 heavy (non-hydrogen) atoms. The molecule has 0 radical (unpaired) electrons. The monoisotopic (exact) mass is 150 g/mol. The third kappa shape index (κ3) is 0.738. The van der Waals surface area contributed by atoms with Crippen LogP contribution >= 0.6 is 15.9 Å². The van der Waals surface area contributed by atoms with E-state index in [1.54, 1.807) is 0 Å². The standard InChI is InChI=1S/C4H7BrO/c5-3-1-4(6)2-3/h3-4,6H,1-2H2. The summed E-state index contributed by atoms with van der Waals surface area (Å²) in [7, 11) is 0. The Balaban J connectivity index is 2.11. The third-order valence-electron chi connectivity index (χ3n) is 1.06. The van der Waals surface area contributed by atoms with Crippen molar-refractivity contribution in [2.75, 3.05) is 0 Å². The number of alkyl halides is 1. The van der Waals surface area contributed by atoms with Gasteiger partial charge in [0.15, 0.2) is 0 Å². The second-order valence-corrected chi connectivity index (χ2v) is 3.02. The van der Waals surface area contributed by atoms with Crippen molar-refractivity contribution in [2.24, 2.45) is 0 Å². The van der Waals surface area contributed by atoms with Gasteiger partial charge in [0.1, 0.15) is 0 Å². The van der Waals surface area contributed by atoms with E-state index in [9.17, 15) is 0 Å². The molecule has 0 bridgehead atoms. The molecule has 0 saturated heterocycles. The van der Waals surface area contributed by atoms with Gasteiger partial charge in [-0.2, -0.15) is 0 Å². The van der Waals surface area contributed by atoms with Crippen LogP contribution in [-0.4, -0.2) is 16.0 Å². The van der Waals surface area contributed by atoms with E-state index in [2.05, 4.69) is 15.9 Å². The number of hydrogen-bond donors (Lipinski definition) is 1. The highest BCUT2D eigenvalue weighted by Crippen LogP contribution is 2.26. The van der Waals surface area contributed by atoms with E-state index < -0.39 is 0 Å². The van der Waals surface area contributed by atoms with Crippen molar-refractivity contribution in [1.29, 1.82) is 0 Å². The van der Waals surface area contributed by atoms with Crippen molar-refractivity contribution in [3.63, 3.8) is 0 Å². The van der Waals surface area contributed by atoms with E-state index in [0.29, 0.717) is 4.83 Å². The van der Waals surface area contributed by atoms with Gasteiger partial charge in [-0.1, -0.05) is 15.9 Å². The van der Waals surface area contributed by atoms with Gasteiger partial charge in [-0.3, -0.25) is 0 Å². The number of aliphatic hydroxyl groups is 1. The van der Waals surface area contributed by atoms with Gasteiger partial charge in [0.05, 0.1) is 6.10 Å². The van der Waals surface area contributed by atoms with Gasteiger partial charge < -0.3 is 5.11 Å². The molecule has 0 aromatic carbocycles. The molecule has 1 N–H and O–H groups in total. The molecule has 0 aromatic rings. The average Bonchev–Trinajstić information content (AvgIpc) is 1.33. The van der Waals surface area contributed by atoms with E-state index in [-0.39, 0.29) is 6.10 Å². The topological polar surface area (TPSA) is 20.2 Å². The van der Waals surface area contributed by atoms with Crippen LogP contribution in [0, 0.1) is 0 Å². The Bertz CT molecular complexity index is 43.5. The summed E-state index contributed by atoms with van der Waals surface area (Å²) in [6.07, 6.45) is 1.88. The molecular weight excluding hydrogens is 144 g/mol. The molecule has 0 heterocycles. The highest BCUT2D eigenvalue weighted by atomic mass is 79.9. The summed E-state index contributed by atoms with van der Waals surface area (Å²) in [6, 6.07) is 0. The quantitative estimate of drug-likeness (QED) is 0.510. The number of hydrogen-bond acceptors (Lipinski definition) is 1. The van der Waals surface area contributed by atoms with Crippen LogP contribution in [0.2, 0.25) is 0 Å². The maximum absolute atomic E-state index is 8.59. The average molecular weight is 151 g/mol. The van der Waals surface area contributed by atoms with Crippen molar-refractivity contribution >= 4 is 15.9 Å². The largest absolute Gasteiger partial charge is 0.393 e. The second kappa shape index (κ2) is 1.51. The summed E-state index contributed by atoms with van der Waals surface area (Å²) < 4.78 is 0. The molecule has 1 saturated carbocycles. The first-order chi connectivity index (χ1) is 2.79. The molecule has 1 aliphatic rings. The molecule has 0 aliphatic heterocycles. The molecule has 0 spiro atoms. The molecule has 0 aromatic heterocycles. The number of halogens is 1. The van der Waals surface area contributed by atoms with E-state index >= 15 is 0 Å². The van der Waals surface area contributed by atoms with Gasteiger partial charge in [-0.05, 0) is 12.8 Å². The maximum atomic E-state index is 8.59. The van der Waals surface area contributed by atoms with Crippen LogP contribution in [0.3, 0.4) is 0 Å². The molecule has 0 unspecified atom stereocenters. The van der Waals surface area contributed by atoms with E-state index in [1.807, 2.05) is 0 Å². The van der Waals surface area contributed by atoms with E-state index in [1.165, 1.54) is 0 Å². The van der Waals surface area contributed by atoms with Crippen molar-refractivity contribution < 1.29 is 5.11 Å². The molecule has 2 heteroatoms. The summed E-state index contributed by atoms with van der Waals surface area (Å²) in [5, 5.41) is 8.59. The van der Waals surface area contributed by atoms with Gasteiger partial charge in [0, 0.05) is 4.83 Å². The van der Waals surface area contributed by atoms with Crippen LogP contribution < -0.4 is 0 Å². The fraction of sp³-hybridized carbons (Fsp3) is 1.00. The van der Waals surface area contributed by atoms with Crippen molar-refractivity contribution in [3.8, 4) is 0 Å². The molecule has 1 fully saturated rings. The Morgan fingerprint density at radius 2 is 2.00 bits per heavy atom. The van der Waals surface area contributed by atoms with Crippen molar-refractivity contribution in [2.45, 2.75) is 23.8 Å². The van der Waals surface area contributed by atoms with Gasteiger partial charge in [-0.25, -0.2) is 0 Å². The van der Waals surface area contributed by atoms with Crippen molar-refractivity contribution in [1.82, 2.24) is 0 Å².